The summed E-state index contributed by atoms with van der Waals surface area (Å²) in [7, 11) is 0. The van der Waals surface area contributed by atoms with Crippen molar-refractivity contribution in [2.24, 2.45) is 0 Å². The van der Waals surface area contributed by atoms with Crippen LogP contribution < -0.4 is 5.32 Å². The smallest absolute Gasteiger partial charge is 0.317 e. The van der Waals surface area contributed by atoms with Crippen molar-refractivity contribution in [2.45, 2.75) is 57.0 Å². The summed E-state index contributed by atoms with van der Waals surface area (Å²) >= 11 is 0.920. The number of carbonyl (C=O) groups excluding carboxylic acids is 1. The number of nitrogens with one attached hydrogen (secondary N) is 1. The Labute approximate surface area is 140 Å². The van der Waals surface area contributed by atoms with E-state index in [9.17, 15) is 35.5 Å². The molecule has 0 radical (unpaired) electrons. The van der Waals surface area contributed by atoms with Gasteiger partial charge in [0.1, 0.15) is 5.78 Å². The van der Waals surface area contributed by atoms with Gasteiger partial charge in [0, 0.05) is 12.8 Å². The van der Waals surface area contributed by atoms with Gasteiger partial charge in [0.25, 0.3) is 5.67 Å². The van der Waals surface area contributed by atoms with Crippen LogP contribution >= 0.6 is 11.8 Å². The van der Waals surface area contributed by atoms with E-state index in [2.05, 4.69) is 5.32 Å². The minimum absolute atomic E-state index is 0.00506. The van der Waals surface area contributed by atoms with Crippen molar-refractivity contribution in [3.8, 4) is 0 Å². The molecule has 0 bridgehead atoms. The van der Waals surface area contributed by atoms with Gasteiger partial charge in [-0.05, 0) is 38.1 Å². The van der Waals surface area contributed by atoms with Crippen LogP contribution in [0, 0.1) is 0 Å². The molecule has 0 fully saturated rings. The molecule has 144 valence electrons. The number of Topliss-reactive ketones (excluding diaryl/α,β-unsaturated/α-hetero) is 1. The highest BCUT2D eigenvalue weighted by Crippen LogP contribution is 2.49. The molecule has 0 unspecified atom stereocenters. The van der Waals surface area contributed by atoms with Gasteiger partial charge in [0.15, 0.2) is 0 Å². The van der Waals surface area contributed by atoms with E-state index in [0.717, 1.165) is 24.7 Å². The lowest BCUT2D eigenvalue weighted by Gasteiger charge is -2.29. The zero-order chi connectivity index (χ0) is 18.9. The van der Waals surface area contributed by atoms with Crippen LogP contribution in [0.3, 0.4) is 0 Å². The van der Waals surface area contributed by atoms with Crippen molar-refractivity contribution in [2.75, 3.05) is 24.6 Å². The summed E-state index contributed by atoms with van der Waals surface area (Å²) < 4.78 is 87.1. The number of carbonyl (C=O) groups is 1. The van der Waals surface area contributed by atoms with Crippen LogP contribution in [-0.2, 0) is 4.79 Å². The highest BCUT2D eigenvalue weighted by molar-refractivity contribution is 7.99. The lowest BCUT2D eigenvalue weighted by molar-refractivity contribution is -0.343. The van der Waals surface area contributed by atoms with E-state index >= 15 is 0 Å². The normalized spacial score (nSPS) is 13.3. The Morgan fingerprint density at radius 1 is 0.958 bits per heavy atom. The Bertz CT molecular complexity index is 357. The molecule has 0 rings (SSSR count). The Morgan fingerprint density at radius 3 is 2.04 bits per heavy atom. The third kappa shape index (κ3) is 8.04. The quantitative estimate of drug-likeness (QED) is 0.391. The van der Waals surface area contributed by atoms with E-state index in [-0.39, 0.29) is 17.3 Å². The zero-order valence-electron chi connectivity index (χ0n) is 13.3. The third-order valence-corrected chi connectivity index (χ3v) is 4.31. The van der Waals surface area contributed by atoms with Gasteiger partial charge in [-0.25, -0.2) is 4.39 Å². The summed E-state index contributed by atoms with van der Waals surface area (Å²) in [6, 6.07) is 0. The Kier molecular flexibility index (Phi) is 10.3. The molecule has 1 N–H and O–H groups in total. The van der Waals surface area contributed by atoms with E-state index in [1.165, 1.54) is 0 Å². The molecule has 0 spiro atoms. The number of hydrogen-bond acceptors (Lipinski definition) is 3. The molecular weight excluding hydrogens is 363 g/mol. The van der Waals surface area contributed by atoms with Gasteiger partial charge in [-0.2, -0.15) is 38.1 Å². The van der Waals surface area contributed by atoms with E-state index in [1.807, 2.05) is 6.92 Å². The maximum Gasteiger partial charge on any atom is 0.431 e. The molecular formula is C14H22F7NOS. The van der Waals surface area contributed by atoms with Gasteiger partial charge < -0.3 is 5.32 Å². The van der Waals surface area contributed by atoms with Crippen molar-refractivity contribution in [3.05, 3.63) is 0 Å². The molecule has 0 saturated heterocycles. The molecule has 0 aliphatic rings. The van der Waals surface area contributed by atoms with Crippen molar-refractivity contribution in [3.63, 3.8) is 0 Å². The summed E-state index contributed by atoms with van der Waals surface area (Å²) in [5, 5.41) is 3.10. The molecule has 10 heteroatoms. The van der Waals surface area contributed by atoms with Gasteiger partial charge >= 0.3 is 12.4 Å². The number of ketones is 1. The monoisotopic (exact) mass is 385 g/mol. The molecule has 0 saturated carbocycles. The minimum Gasteiger partial charge on any atom is -0.317 e. The SMILES string of the molecule is CCCNCCCC(=O)CSCCCC(F)(C(F)(F)F)C(F)(F)F. The molecule has 0 aromatic rings. The number of alkyl halides is 7. The fourth-order valence-corrected chi connectivity index (χ4v) is 2.70. The first kappa shape index (κ1) is 23.5. The zero-order valence-corrected chi connectivity index (χ0v) is 14.1. The van der Waals surface area contributed by atoms with Crippen LogP contribution in [-0.4, -0.2) is 48.4 Å². The highest BCUT2D eigenvalue weighted by atomic mass is 32.2. The summed E-state index contributed by atoms with van der Waals surface area (Å²) in [6.07, 6.45) is -12.4. The molecule has 2 nitrogen and oxygen atoms in total. The standard InChI is InChI=1S/C14H22F7NOS/c1-2-7-22-8-3-5-11(23)10-24-9-4-6-12(15,13(16,17)18)14(19,20)21/h22H,2-10H2,1H3. The predicted molar refractivity (Wildman–Crippen MR) is 79.9 cm³/mol. The van der Waals surface area contributed by atoms with E-state index in [1.54, 1.807) is 0 Å². The first-order valence-corrected chi connectivity index (χ1v) is 8.73. The molecule has 0 aromatic heterocycles. The Hall–Kier alpha value is -0.510. The molecule has 0 heterocycles. The van der Waals surface area contributed by atoms with Gasteiger partial charge in [0.2, 0.25) is 0 Å². The molecule has 0 atom stereocenters. The van der Waals surface area contributed by atoms with E-state index in [0.29, 0.717) is 19.4 Å². The van der Waals surface area contributed by atoms with Crippen LogP contribution in [0.5, 0.6) is 0 Å². The van der Waals surface area contributed by atoms with Gasteiger partial charge in [-0.3, -0.25) is 4.79 Å². The van der Waals surface area contributed by atoms with Crippen LogP contribution in [0.4, 0.5) is 30.7 Å². The van der Waals surface area contributed by atoms with Gasteiger partial charge in [-0.1, -0.05) is 6.92 Å². The summed E-state index contributed by atoms with van der Waals surface area (Å²) in [5.74, 6) is -0.264. The Balaban J connectivity index is 4.01. The number of hydrogen-bond donors (Lipinski definition) is 1. The van der Waals surface area contributed by atoms with Crippen LogP contribution in [0.1, 0.15) is 39.0 Å². The maximum absolute atomic E-state index is 13.3. The van der Waals surface area contributed by atoms with Crippen molar-refractivity contribution < 1.29 is 35.5 Å². The Morgan fingerprint density at radius 2 is 1.54 bits per heavy atom. The molecule has 24 heavy (non-hydrogen) atoms. The average molecular weight is 385 g/mol. The highest BCUT2D eigenvalue weighted by Gasteiger charge is 2.71. The minimum atomic E-state index is -6.00. The van der Waals surface area contributed by atoms with Crippen molar-refractivity contribution in [1.82, 2.24) is 5.32 Å². The van der Waals surface area contributed by atoms with Crippen LogP contribution in [0.25, 0.3) is 0 Å². The number of thioether (sulfide) groups is 1. The fraction of sp³-hybridized carbons (Fsp3) is 0.929. The first-order valence-electron chi connectivity index (χ1n) is 7.58. The molecule has 0 aromatic carbocycles. The second-order valence-corrected chi connectivity index (χ2v) is 6.45. The third-order valence-electron chi connectivity index (χ3n) is 3.21. The van der Waals surface area contributed by atoms with E-state index < -0.39 is 30.9 Å². The lowest BCUT2D eigenvalue weighted by Crippen LogP contribution is -2.53. The molecule has 0 amide bonds. The van der Waals surface area contributed by atoms with Crippen molar-refractivity contribution in [1.29, 1.82) is 0 Å². The van der Waals surface area contributed by atoms with Crippen LogP contribution in [0.2, 0.25) is 0 Å². The summed E-state index contributed by atoms with van der Waals surface area (Å²) in [5.41, 5.74) is -5.20. The summed E-state index contributed by atoms with van der Waals surface area (Å²) in [4.78, 5) is 11.5. The fourth-order valence-electron chi connectivity index (χ4n) is 1.83. The predicted octanol–water partition coefficient (Wildman–Crippen LogP) is 4.68. The van der Waals surface area contributed by atoms with Gasteiger partial charge in [0.05, 0.1) is 5.75 Å². The topological polar surface area (TPSA) is 29.1 Å². The van der Waals surface area contributed by atoms with E-state index in [4.69, 9.17) is 0 Å². The van der Waals surface area contributed by atoms with Crippen LogP contribution in [0.15, 0.2) is 0 Å². The van der Waals surface area contributed by atoms with Crippen molar-refractivity contribution >= 4 is 17.5 Å². The largest absolute Gasteiger partial charge is 0.431 e. The average Bonchev–Trinajstić information content (AvgIpc) is 2.44. The second-order valence-electron chi connectivity index (χ2n) is 5.35. The second kappa shape index (κ2) is 10.5. The molecule has 0 aliphatic heterocycles. The maximum atomic E-state index is 13.3. The molecule has 0 aliphatic carbocycles. The summed E-state index contributed by atoms with van der Waals surface area (Å²) in [6.45, 7) is 3.51. The number of halogens is 7. The first-order chi connectivity index (χ1) is 11.0. The lowest BCUT2D eigenvalue weighted by atomic mass is 9.99. The number of rotatable bonds is 12. The van der Waals surface area contributed by atoms with Gasteiger partial charge in [-0.15, -0.1) is 0 Å².